The minimum absolute atomic E-state index is 0.0346. The molecule has 0 bridgehead atoms. The van der Waals surface area contributed by atoms with E-state index in [0.717, 1.165) is 9.79 Å². The van der Waals surface area contributed by atoms with E-state index in [0.29, 0.717) is 26.4 Å². The number of benzene rings is 2. The van der Waals surface area contributed by atoms with Crippen molar-refractivity contribution in [1.82, 2.24) is 4.90 Å². The Labute approximate surface area is 174 Å². The Kier molecular flexibility index (Phi) is 6.21. The lowest BCUT2D eigenvalue weighted by molar-refractivity contribution is -0.384. The molecular formula is C18H13ClN2O3S3. The average Bonchev–Trinajstić information content (AvgIpc) is 2.91. The van der Waals surface area contributed by atoms with Crippen molar-refractivity contribution in [2.24, 2.45) is 0 Å². The van der Waals surface area contributed by atoms with Crippen molar-refractivity contribution in [2.45, 2.75) is 16.7 Å². The molecule has 1 aliphatic rings. The molecule has 1 amide bonds. The molecular weight excluding hydrogens is 424 g/mol. The zero-order valence-corrected chi connectivity index (χ0v) is 17.3. The molecule has 0 spiro atoms. The van der Waals surface area contributed by atoms with Gasteiger partial charge in [-0.2, -0.15) is 0 Å². The highest BCUT2D eigenvalue weighted by atomic mass is 35.5. The molecule has 1 aliphatic heterocycles. The van der Waals surface area contributed by atoms with E-state index >= 15 is 0 Å². The second-order valence-electron chi connectivity index (χ2n) is 5.46. The first-order valence-electron chi connectivity index (χ1n) is 7.86. The molecule has 2 aromatic rings. The summed E-state index contributed by atoms with van der Waals surface area (Å²) in [6.07, 6.45) is 1.67. The Balaban J connectivity index is 2.01. The van der Waals surface area contributed by atoms with Gasteiger partial charge < -0.3 is 0 Å². The van der Waals surface area contributed by atoms with Crippen LogP contribution in [0.2, 0.25) is 5.02 Å². The molecule has 0 unspecified atom stereocenters. The number of non-ortho nitro benzene ring substituents is 1. The van der Waals surface area contributed by atoms with Crippen LogP contribution in [-0.4, -0.2) is 26.6 Å². The van der Waals surface area contributed by atoms with Gasteiger partial charge in [0.05, 0.1) is 9.83 Å². The average molecular weight is 437 g/mol. The zero-order valence-electron chi connectivity index (χ0n) is 14.0. The number of nitro benzene ring substituents is 1. The molecule has 0 atom stereocenters. The Hall–Kier alpha value is -1.87. The number of nitrogens with zero attached hydrogens (tertiary/aromatic N) is 2. The lowest BCUT2D eigenvalue weighted by Crippen LogP contribution is -2.27. The van der Waals surface area contributed by atoms with Crippen LogP contribution in [0.15, 0.2) is 57.2 Å². The summed E-state index contributed by atoms with van der Waals surface area (Å²) >= 11 is 13.8. The molecule has 3 rings (SSSR count). The monoisotopic (exact) mass is 436 g/mol. The molecule has 1 heterocycles. The Bertz CT molecular complexity index is 961. The fourth-order valence-electron chi connectivity index (χ4n) is 2.40. The molecule has 0 radical (unpaired) electrons. The van der Waals surface area contributed by atoms with E-state index in [1.54, 1.807) is 24.3 Å². The molecule has 9 heteroatoms. The normalized spacial score (nSPS) is 15.6. The molecule has 5 nitrogen and oxygen atoms in total. The smallest absolute Gasteiger partial charge is 0.270 e. The van der Waals surface area contributed by atoms with E-state index in [2.05, 4.69) is 0 Å². The van der Waals surface area contributed by atoms with Gasteiger partial charge >= 0.3 is 0 Å². The summed E-state index contributed by atoms with van der Waals surface area (Å²) in [5.41, 5.74) is 0.563. The van der Waals surface area contributed by atoms with Gasteiger partial charge in [-0.3, -0.25) is 19.8 Å². The Morgan fingerprint density at radius 1 is 1.30 bits per heavy atom. The zero-order chi connectivity index (χ0) is 19.6. The first kappa shape index (κ1) is 19.9. The summed E-state index contributed by atoms with van der Waals surface area (Å²) in [6, 6.07) is 11.9. The standard InChI is InChI=1S/C18H13ClN2O3S3/c1-2-20-17(22)16(27-18(20)25)10-11-9-13(21(23)24)5-8-15(11)26-14-6-3-12(19)4-7-14/h3-10H,2H2,1H3/b16-10+. The molecule has 0 saturated carbocycles. The summed E-state index contributed by atoms with van der Waals surface area (Å²) < 4.78 is 0.492. The molecule has 138 valence electrons. The summed E-state index contributed by atoms with van der Waals surface area (Å²) in [5, 5.41) is 11.8. The molecule has 1 fully saturated rings. The fraction of sp³-hybridized carbons (Fsp3) is 0.111. The number of nitro groups is 1. The van der Waals surface area contributed by atoms with Crippen LogP contribution in [0.3, 0.4) is 0 Å². The second kappa shape index (κ2) is 8.43. The van der Waals surface area contributed by atoms with Crippen LogP contribution < -0.4 is 0 Å². The van der Waals surface area contributed by atoms with Crippen molar-refractivity contribution in [3.8, 4) is 0 Å². The van der Waals surface area contributed by atoms with Gasteiger partial charge in [0.15, 0.2) is 0 Å². The van der Waals surface area contributed by atoms with Crippen LogP contribution in [0.4, 0.5) is 5.69 Å². The molecule has 0 aromatic heterocycles. The minimum atomic E-state index is -0.453. The third kappa shape index (κ3) is 4.52. The van der Waals surface area contributed by atoms with Gasteiger partial charge in [0.25, 0.3) is 11.6 Å². The van der Waals surface area contributed by atoms with Crippen LogP contribution in [0.5, 0.6) is 0 Å². The van der Waals surface area contributed by atoms with E-state index < -0.39 is 4.92 Å². The first-order valence-corrected chi connectivity index (χ1v) is 10.3. The van der Waals surface area contributed by atoms with Crippen LogP contribution in [0.1, 0.15) is 12.5 Å². The lowest BCUT2D eigenvalue weighted by Gasteiger charge is -2.10. The van der Waals surface area contributed by atoms with E-state index in [9.17, 15) is 14.9 Å². The Morgan fingerprint density at radius 2 is 2.00 bits per heavy atom. The Morgan fingerprint density at radius 3 is 2.59 bits per heavy atom. The first-order chi connectivity index (χ1) is 12.9. The van der Waals surface area contributed by atoms with Crippen molar-refractivity contribution < 1.29 is 9.72 Å². The predicted molar refractivity (Wildman–Crippen MR) is 114 cm³/mol. The molecule has 1 saturated heterocycles. The quantitative estimate of drug-likeness (QED) is 0.262. The van der Waals surface area contributed by atoms with Gasteiger partial charge in [-0.25, -0.2) is 0 Å². The summed E-state index contributed by atoms with van der Waals surface area (Å²) in [7, 11) is 0. The van der Waals surface area contributed by atoms with Gasteiger partial charge in [-0.15, -0.1) is 0 Å². The number of thioether (sulfide) groups is 1. The van der Waals surface area contributed by atoms with Crippen molar-refractivity contribution in [3.63, 3.8) is 0 Å². The molecule has 0 N–H and O–H groups in total. The van der Waals surface area contributed by atoms with Gasteiger partial charge in [0.2, 0.25) is 0 Å². The van der Waals surface area contributed by atoms with Crippen molar-refractivity contribution >= 4 is 69.3 Å². The van der Waals surface area contributed by atoms with Crippen LogP contribution in [-0.2, 0) is 4.79 Å². The topological polar surface area (TPSA) is 63.5 Å². The largest absolute Gasteiger partial charge is 0.293 e. The van der Waals surface area contributed by atoms with E-state index in [4.69, 9.17) is 23.8 Å². The number of rotatable bonds is 5. The molecule has 0 aliphatic carbocycles. The maximum absolute atomic E-state index is 12.5. The number of thiocarbonyl (C=S) groups is 1. The SMILES string of the molecule is CCN1C(=O)/C(=C\c2cc([N+](=O)[O-])ccc2Sc2ccc(Cl)cc2)SC1=S. The van der Waals surface area contributed by atoms with E-state index in [-0.39, 0.29) is 11.6 Å². The number of hydrogen-bond donors (Lipinski definition) is 0. The number of carbonyl (C=O) groups is 1. The number of carbonyl (C=O) groups excluding carboxylic acids is 1. The predicted octanol–water partition coefficient (Wildman–Crippen LogP) is 5.62. The third-order valence-corrected chi connectivity index (χ3v) is 6.45. The number of halogens is 1. The number of likely N-dealkylation sites (N-methyl/N-ethyl adjacent to an activating group) is 1. The van der Waals surface area contributed by atoms with Gasteiger partial charge in [-0.1, -0.05) is 47.3 Å². The maximum Gasteiger partial charge on any atom is 0.270 e. The molecule has 2 aromatic carbocycles. The second-order valence-corrected chi connectivity index (χ2v) is 8.69. The summed E-state index contributed by atoms with van der Waals surface area (Å²) in [5.74, 6) is -0.179. The highest BCUT2D eigenvalue weighted by Crippen LogP contribution is 2.37. The summed E-state index contributed by atoms with van der Waals surface area (Å²) in [6.45, 7) is 2.34. The molecule has 27 heavy (non-hydrogen) atoms. The minimum Gasteiger partial charge on any atom is -0.293 e. The highest BCUT2D eigenvalue weighted by molar-refractivity contribution is 8.26. The number of hydrogen-bond acceptors (Lipinski definition) is 6. The van der Waals surface area contributed by atoms with Gasteiger partial charge in [-0.05, 0) is 48.9 Å². The fourth-order valence-corrected chi connectivity index (χ4v) is 4.80. The van der Waals surface area contributed by atoms with E-state index in [1.165, 1.54) is 40.6 Å². The van der Waals surface area contributed by atoms with Crippen LogP contribution in [0.25, 0.3) is 6.08 Å². The van der Waals surface area contributed by atoms with E-state index in [1.807, 2.05) is 19.1 Å². The van der Waals surface area contributed by atoms with Crippen molar-refractivity contribution in [1.29, 1.82) is 0 Å². The van der Waals surface area contributed by atoms with Crippen LogP contribution >= 0.6 is 47.3 Å². The summed E-state index contributed by atoms with van der Waals surface area (Å²) in [4.78, 5) is 26.9. The highest BCUT2D eigenvalue weighted by Gasteiger charge is 2.31. The van der Waals surface area contributed by atoms with Gasteiger partial charge in [0.1, 0.15) is 4.32 Å². The van der Waals surface area contributed by atoms with Gasteiger partial charge in [0, 0.05) is 33.5 Å². The number of amides is 1. The third-order valence-electron chi connectivity index (χ3n) is 3.72. The van der Waals surface area contributed by atoms with Crippen molar-refractivity contribution in [2.75, 3.05) is 6.54 Å². The maximum atomic E-state index is 12.5. The van der Waals surface area contributed by atoms with Crippen molar-refractivity contribution in [3.05, 3.63) is 68.1 Å². The lowest BCUT2D eigenvalue weighted by atomic mass is 10.2. The van der Waals surface area contributed by atoms with Crippen LogP contribution in [0, 0.1) is 10.1 Å².